The van der Waals surface area contributed by atoms with Crippen LogP contribution >= 0.6 is 0 Å². The largest absolute Gasteiger partial charge is 0.458 e. The summed E-state index contributed by atoms with van der Waals surface area (Å²) < 4.78 is 31.4. The summed E-state index contributed by atoms with van der Waals surface area (Å²) in [4.78, 5) is 61.8. The highest BCUT2D eigenvalue weighted by Gasteiger charge is 2.57. The van der Waals surface area contributed by atoms with Gasteiger partial charge in [-0.1, -0.05) is 58.0 Å². The fraction of sp³-hybridized carbons (Fsp3) is 0.643. The molecular formula is C42H59N3O10. The number of alkyl carbamates (subject to hydrolysis) is 1. The van der Waals surface area contributed by atoms with Crippen molar-refractivity contribution in [3.8, 4) is 0 Å². The zero-order chi connectivity index (χ0) is 40.4. The Hall–Kier alpha value is -3.75. The third-order valence-electron chi connectivity index (χ3n) is 11.9. The molecule has 2 aromatic rings. The molecule has 302 valence electrons. The van der Waals surface area contributed by atoms with E-state index in [2.05, 4.69) is 10.3 Å². The van der Waals surface area contributed by atoms with E-state index in [0.717, 1.165) is 16.5 Å². The maximum absolute atomic E-state index is 14.4. The number of pyridine rings is 1. The minimum Gasteiger partial charge on any atom is -0.458 e. The Morgan fingerprint density at radius 3 is 2.44 bits per heavy atom. The normalized spacial score (nSPS) is 38.1. The lowest BCUT2D eigenvalue weighted by Crippen LogP contribution is -2.60. The number of esters is 1. The van der Waals surface area contributed by atoms with E-state index in [1.807, 2.05) is 68.4 Å². The van der Waals surface area contributed by atoms with Crippen molar-refractivity contribution in [1.82, 2.24) is 15.2 Å². The third-order valence-corrected chi connectivity index (χ3v) is 11.9. The van der Waals surface area contributed by atoms with Crippen LogP contribution in [-0.2, 0) is 38.1 Å². The van der Waals surface area contributed by atoms with Gasteiger partial charge in [0.2, 0.25) is 0 Å². The number of aliphatic hydroxyl groups is 1. The summed E-state index contributed by atoms with van der Waals surface area (Å²) in [6.07, 6.45) is 1.16. The topological polar surface area (TPSA) is 163 Å². The van der Waals surface area contributed by atoms with Crippen molar-refractivity contribution >= 4 is 40.6 Å². The van der Waals surface area contributed by atoms with Gasteiger partial charge in [-0.15, -0.1) is 0 Å². The molecule has 1 aromatic heterocycles. The predicted octanol–water partition coefficient (Wildman–Crippen LogP) is 5.11. The van der Waals surface area contributed by atoms with Crippen molar-refractivity contribution in [3.63, 3.8) is 0 Å². The van der Waals surface area contributed by atoms with Crippen molar-refractivity contribution < 1.29 is 48.0 Å². The Balaban J connectivity index is 1.57. The van der Waals surface area contributed by atoms with E-state index in [9.17, 15) is 24.3 Å². The number of benzene rings is 1. The highest BCUT2D eigenvalue weighted by Crippen LogP contribution is 2.40. The van der Waals surface area contributed by atoms with Gasteiger partial charge in [0.1, 0.15) is 23.9 Å². The summed E-state index contributed by atoms with van der Waals surface area (Å²) in [5.74, 6) is -5.12. The number of ether oxygens (including phenoxy) is 5. The number of rotatable bonds is 8. The quantitative estimate of drug-likeness (QED) is 0.270. The molecule has 2 N–H and O–H groups in total. The molecule has 13 atom stereocenters. The fourth-order valence-electron chi connectivity index (χ4n) is 8.81. The molecule has 13 heteroatoms. The number of nitrogens with one attached hydrogen (secondary N) is 1. The van der Waals surface area contributed by atoms with Crippen LogP contribution in [0.15, 0.2) is 42.6 Å². The Morgan fingerprint density at radius 1 is 1.02 bits per heavy atom. The summed E-state index contributed by atoms with van der Waals surface area (Å²) in [7, 11) is 3.74. The first-order chi connectivity index (χ1) is 25.9. The Bertz CT molecular complexity index is 1750. The van der Waals surface area contributed by atoms with E-state index in [0.29, 0.717) is 6.42 Å². The molecule has 13 nitrogen and oxygen atoms in total. The standard InChI is InChI=1S/C42H59N3O10/c1-11-32-42(8)36(44-40(50)55-42)25(4)33(46)23(2)22-41(7,51-20-14-16-28-15-12-18-30-29(28)17-13-19-43-30)37(26(5)34(47)27(6)38(49)53-32)54-39-35(48)31(45(9)10)21-24(3)52-39/h12-19,23-27,31-32,35-37,39,48H,11,20-22H2,1-10H3,(H,44,50)/b16-14+/t23-,24-,25+,26+,27-,31+,32-,35-,36-,37-,39+,41+,42-/m1/s1. The molecule has 3 aliphatic rings. The van der Waals surface area contributed by atoms with Gasteiger partial charge in [0.15, 0.2) is 17.7 Å². The minimum absolute atomic E-state index is 0.0650. The third kappa shape index (κ3) is 8.81. The number of Topliss-reactive ketones (excluding diaryl/α,β-unsaturated/α-hetero) is 2. The van der Waals surface area contributed by atoms with Crippen molar-refractivity contribution in [2.45, 2.75) is 129 Å². The monoisotopic (exact) mass is 765 g/mol. The summed E-state index contributed by atoms with van der Waals surface area (Å²) in [5, 5.41) is 15.3. The lowest BCUT2D eigenvalue weighted by molar-refractivity contribution is -0.296. The Labute approximate surface area is 324 Å². The second kappa shape index (κ2) is 17.2. The number of hydrogen-bond acceptors (Lipinski definition) is 12. The smallest absolute Gasteiger partial charge is 0.408 e. The number of carbonyl (C=O) groups is 4. The molecule has 55 heavy (non-hydrogen) atoms. The van der Waals surface area contributed by atoms with E-state index in [1.165, 1.54) is 6.92 Å². The van der Waals surface area contributed by atoms with E-state index in [1.54, 1.807) is 47.7 Å². The Kier molecular flexibility index (Phi) is 13.2. The second-order valence-corrected chi connectivity index (χ2v) is 16.3. The van der Waals surface area contributed by atoms with E-state index < -0.39 is 83.4 Å². The molecule has 0 bridgehead atoms. The molecule has 1 aromatic carbocycles. The van der Waals surface area contributed by atoms with E-state index in [4.69, 9.17) is 23.7 Å². The van der Waals surface area contributed by atoms with Crippen molar-refractivity contribution in [3.05, 3.63) is 48.2 Å². The molecule has 3 aliphatic heterocycles. The minimum atomic E-state index is -1.38. The van der Waals surface area contributed by atoms with Crippen LogP contribution < -0.4 is 5.32 Å². The van der Waals surface area contributed by atoms with Gasteiger partial charge >= 0.3 is 12.1 Å². The summed E-state index contributed by atoms with van der Waals surface area (Å²) in [6.45, 7) is 13.9. The van der Waals surface area contributed by atoms with Crippen LogP contribution in [0.5, 0.6) is 0 Å². The van der Waals surface area contributed by atoms with Crippen LogP contribution in [0.1, 0.15) is 80.2 Å². The van der Waals surface area contributed by atoms with Crippen LogP contribution in [0, 0.1) is 23.7 Å². The molecule has 3 saturated heterocycles. The average Bonchev–Trinajstić information content (AvgIpc) is 3.47. The Morgan fingerprint density at radius 2 is 1.75 bits per heavy atom. The maximum Gasteiger partial charge on any atom is 0.408 e. The SMILES string of the molecule is CC[C@H]1OC(=O)[C@H](C)C(=O)[C@H](C)[C@@H](O[C@@H]2O[C@H](C)C[C@H](N(C)C)[C@H]2O)[C@@](C)(OC/C=C/c2cccc3ncccc23)C[C@@H](C)C(=O)[C@H](C)[C@H]2NC(=O)O[C@@]21C. The first kappa shape index (κ1) is 42.4. The van der Waals surface area contributed by atoms with Gasteiger partial charge in [-0.3, -0.25) is 19.4 Å². The van der Waals surface area contributed by atoms with Crippen molar-refractivity contribution in [2.75, 3.05) is 20.7 Å². The van der Waals surface area contributed by atoms with Gasteiger partial charge in [-0.25, -0.2) is 4.79 Å². The molecule has 1 amide bonds. The molecule has 5 rings (SSSR count). The average molecular weight is 766 g/mol. The predicted molar refractivity (Wildman–Crippen MR) is 206 cm³/mol. The van der Waals surface area contributed by atoms with Crippen LogP contribution in [0.4, 0.5) is 4.79 Å². The first-order valence-electron chi connectivity index (χ1n) is 19.5. The lowest BCUT2D eigenvalue weighted by atomic mass is 9.73. The van der Waals surface area contributed by atoms with Crippen molar-refractivity contribution in [2.24, 2.45) is 23.7 Å². The number of aliphatic hydroxyl groups excluding tert-OH is 1. The first-order valence-corrected chi connectivity index (χ1v) is 19.5. The number of carbonyl (C=O) groups excluding carboxylic acids is 4. The molecule has 3 fully saturated rings. The van der Waals surface area contributed by atoms with Gasteiger partial charge in [0.05, 0.1) is 36.0 Å². The molecule has 0 aliphatic carbocycles. The van der Waals surface area contributed by atoms with Crippen LogP contribution in [0.3, 0.4) is 0 Å². The lowest BCUT2D eigenvalue weighted by Gasteiger charge is -2.47. The van der Waals surface area contributed by atoms with Gasteiger partial charge < -0.3 is 39.0 Å². The number of nitrogens with zero attached hydrogens (tertiary/aromatic N) is 2. The molecular weight excluding hydrogens is 706 g/mol. The number of fused-ring (bicyclic) bond motifs is 2. The number of aromatic nitrogens is 1. The molecule has 0 spiro atoms. The second-order valence-electron chi connectivity index (χ2n) is 16.3. The number of amides is 1. The molecule has 4 heterocycles. The van der Waals surface area contributed by atoms with Crippen LogP contribution in [0.25, 0.3) is 17.0 Å². The molecule has 0 saturated carbocycles. The van der Waals surface area contributed by atoms with Gasteiger partial charge in [-0.05, 0) is 78.7 Å². The summed E-state index contributed by atoms with van der Waals surface area (Å²) >= 11 is 0. The van der Waals surface area contributed by atoms with Gasteiger partial charge in [0, 0.05) is 35.4 Å². The summed E-state index contributed by atoms with van der Waals surface area (Å²) in [5.41, 5.74) is -0.955. The zero-order valence-corrected chi connectivity index (χ0v) is 33.8. The zero-order valence-electron chi connectivity index (χ0n) is 33.8. The van der Waals surface area contributed by atoms with E-state index in [-0.39, 0.29) is 37.4 Å². The molecule has 0 unspecified atom stereocenters. The highest BCUT2D eigenvalue weighted by molar-refractivity contribution is 6.00. The van der Waals surface area contributed by atoms with Crippen LogP contribution in [-0.4, -0.2) is 113 Å². The molecule has 0 radical (unpaired) electrons. The van der Waals surface area contributed by atoms with E-state index >= 15 is 0 Å². The maximum atomic E-state index is 14.4. The summed E-state index contributed by atoms with van der Waals surface area (Å²) in [6, 6.07) is 8.58. The number of likely N-dealkylation sites (N-methyl/N-ethyl adjacent to an activating group) is 1. The van der Waals surface area contributed by atoms with Crippen LogP contribution in [0.2, 0.25) is 0 Å². The van der Waals surface area contributed by atoms with Gasteiger partial charge in [-0.2, -0.15) is 0 Å². The number of cyclic esters (lactones) is 1. The number of hydrogen-bond donors (Lipinski definition) is 2. The number of ketones is 2. The van der Waals surface area contributed by atoms with Crippen molar-refractivity contribution in [1.29, 1.82) is 0 Å². The van der Waals surface area contributed by atoms with Gasteiger partial charge in [0.25, 0.3) is 0 Å². The fourth-order valence-corrected chi connectivity index (χ4v) is 8.81. The highest BCUT2D eigenvalue weighted by atomic mass is 16.7.